The van der Waals surface area contributed by atoms with Crippen LogP contribution in [0.15, 0.2) is 4.52 Å². The van der Waals surface area contributed by atoms with Crippen molar-refractivity contribution in [3.05, 3.63) is 11.7 Å². The Labute approximate surface area is 134 Å². The quantitative estimate of drug-likeness (QED) is 0.842. The fourth-order valence-corrected chi connectivity index (χ4v) is 3.80. The van der Waals surface area contributed by atoms with Crippen molar-refractivity contribution in [2.24, 2.45) is 0 Å². The number of aryl methyl sites for hydroxylation is 1. The topological polar surface area (TPSA) is 74.5 Å². The van der Waals surface area contributed by atoms with E-state index in [9.17, 15) is 4.79 Å². The number of aromatic nitrogens is 2. The molecule has 0 aromatic carbocycles. The monoisotopic (exact) mass is 325 g/mol. The second kappa shape index (κ2) is 7.43. The zero-order valence-corrected chi connectivity index (χ0v) is 13.8. The average Bonchev–Trinajstić information content (AvgIpc) is 2.94. The number of hydrogen-bond donors (Lipinski definition) is 1. The maximum atomic E-state index is 12.4. The fourth-order valence-electron chi connectivity index (χ4n) is 2.85. The van der Waals surface area contributed by atoms with E-state index in [1.54, 1.807) is 6.92 Å². The van der Waals surface area contributed by atoms with Gasteiger partial charge in [0, 0.05) is 63.6 Å². The zero-order valence-electron chi connectivity index (χ0n) is 13.0. The highest BCUT2D eigenvalue weighted by Crippen LogP contribution is 2.13. The number of piperazine rings is 1. The molecular weight excluding hydrogens is 302 g/mol. The lowest BCUT2D eigenvalue weighted by molar-refractivity contribution is -0.133. The number of nitrogens with one attached hydrogen (secondary N) is 1. The van der Waals surface area contributed by atoms with Crippen molar-refractivity contribution in [1.29, 1.82) is 0 Å². The van der Waals surface area contributed by atoms with Gasteiger partial charge in [-0.1, -0.05) is 5.16 Å². The van der Waals surface area contributed by atoms with Gasteiger partial charge in [-0.05, 0) is 0 Å². The largest absolute Gasteiger partial charge is 0.340 e. The molecule has 1 amide bonds. The normalized spacial score (nSPS) is 23.7. The molecule has 1 atom stereocenters. The van der Waals surface area contributed by atoms with Crippen molar-refractivity contribution < 1.29 is 9.32 Å². The SMILES string of the molecule is Cc1nc(CN2CCN(C(=O)CC3CSCCN3)CC2)no1. The maximum absolute atomic E-state index is 12.4. The summed E-state index contributed by atoms with van der Waals surface area (Å²) in [6.45, 7) is 6.81. The van der Waals surface area contributed by atoms with Crippen LogP contribution in [0.3, 0.4) is 0 Å². The summed E-state index contributed by atoms with van der Waals surface area (Å²) in [4.78, 5) is 20.8. The van der Waals surface area contributed by atoms with Crippen molar-refractivity contribution in [3.63, 3.8) is 0 Å². The van der Waals surface area contributed by atoms with E-state index in [0.717, 1.165) is 50.1 Å². The van der Waals surface area contributed by atoms with Gasteiger partial charge in [0.05, 0.1) is 6.54 Å². The third-order valence-electron chi connectivity index (χ3n) is 4.08. The van der Waals surface area contributed by atoms with E-state index in [4.69, 9.17) is 4.52 Å². The fraction of sp³-hybridized carbons (Fsp3) is 0.786. The summed E-state index contributed by atoms with van der Waals surface area (Å²) in [6, 6.07) is 0.339. The van der Waals surface area contributed by atoms with E-state index >= 15 is 0 Å². The number of rotatable bonds is 4. The van der Waals surface area contributed by atoms with Gasteiger partial charge < -0.3 is 14.7 Å². The second-order valence-corrected chi connectivity index (χ2v) is 6.97. The third kappa shape index (κ3) is 4.21. The van der Waals surface area contributed by atoms with E-state index in [1.165, 1.54) is 0 Å². The number of carbonyl (C=O) groups excluding carboxylic acids is 1. The highest BCUT2D eigenvalue weighted by molar-refractivity contribution is 7.99. The molecule has 0 spiro atoms. The maximum Gasteiger partial charge on any atom is 0.224 e. The van der Waals surface area contributed by atoms with Crippen molar-refractivity contribution in [2.75, 3.05) is 44.2 Å². The highest BCUT2D eigenvalue weighted by atomic mass is 32.2. The third-order valence-corrected chi connectivity index (χ3v) is 5.21. The summed E-state index contributed by atoms with van der Waals surface area (Å²) in [5.74, 6) is 3.79. The summed E-state index contributed by atoms with van der Waals surface area (Å²) < 4.78 is 4.99. The predicted molar refractivity (Wildman–Crippen MR) is 84.6 cm³/mol. The van der Waals surface area contributed by atoms with Gasteiger partial charge >= 0.3 is 0 Å². The van der Waals surface area contributed by atoms with Crippen LogP contribution in [0.5, 0.6) is 0 Å². The van der Waals surface area contributed by atoms with Crippen molar-refractivity contribution >= 4 is 17.7 Å². The molecule has 1 aromatic rings. The molecule has 22 heavy (non-hydrogen) atoms. The van der Waals surface area contributed by atoms with Gasteiger partial charge in [0.25, 0.3) is 0 Å². The van der Waals surface area contributed by atoms with Gasteiger partial charge in [0.15, 0.2) is 5.82 Å². The molecule has 2 fully saturated rings. The van der Waals surface area contributed by atoms with Crippen LogP contribution in [-0.4, -0.2) is 76.1 Å². The smallest absolute Gasteiger partial charge is 0.224 e. The van der Waals surface area contributed by atoms with Gasteiger partial charge in [-0.3, -0.25) is 9.69 Å². The molecule has 0 radical (unpaired) electrons. The summed E-state index contributed by atoms with van der Waals surface area (Å²) in [7, 11) is 0. The molecule has 8 heteroatoms. The Hall–Kier alpha value is -1.12. The molecular formula is C14H23N5O2S. The predicted octanol–water partition coefficient (Wildman–Crippen LogP) is 0.117. The van der Waals surface area contributed by atoms with Crippen molar-refractivity contribution in [2.45, 2.75) is 25.9 Å². The number of thioether (sulfide) groups is 1. The van der Waals surface area contributed by atoms with E-state index < -0.39 is 0 Å². The molecule has 0 saturated carbocycles. The Morgan fingerprint density at radius 3 is 2.86 bits per heavy atom. The molecule has 3 heterocycles. The van der Waals surface area contributed by atoms with Gasteiger partial charge in [-0.15, -0.1) is 0 Å². The first-order valence-corrected chi connectivity index (χ1v) is 8.96. The minimum Gasteiger partial charge on any atom is -0.340 e. The Balaban J connectivity index is 1.41. The minimum absolute atomic E-state index is 0.273. The summed E-state index contributed by atoms with van der Waals surface area (Å²) >= 11 is 1.93. The Morgan fingerprint density at radius 2 is 2.23 bits per heavy atom. The van der Waals surface area contributed by atoms with Crippen LogP contribution in [-0.2, 0) is 11.3 Å². The zero-order chi connectivity index (χ0) is 15.4. The van der Waals surface area contributed by atoms with Crippen LogP contribution >= 0.6 is 11.8 Å². The first-order valence-electron chi connectivity index (χ1n) is 7.81. The molecule has 3 rings (SSSR count). The van der Waals surface area contributed by atoms with Crippen molar-refractivity contribution in [1.82, 2.24) is 25.3 Å². The molecule has 1 N–H and O–H groups in total. The molecule has 2 aliphatic heterocycles. The number of amides is 1. The average molecular weight is 325 g/mol. The summed E-state index contributed by atoms with van der Waals surface area (Å²) in [5, 5.41) is 7.35. The van der Waals surface area contributed by atoms with Crippen LogP contribution < -0.4 is 5.32 Å². The molecule has 122 valence electrons. The molecule has 7 nitrogen and oxygen atoms in total. The number of hydrogen-bond acceptors (Lipinski definition) is 7. The van der Waals surface area contributed by atoms with E-state index in [1.807, 2.05) is 16.7 Å². The summed E-state index contributed by atoms with van der Waals surface area (Å²) in [5.41, 5.74) is 0. The van der Waals surface area contributed by atoms with Crippen LogP contribution in [0.1, 0.15) is 18.1 Å². The molecule has 0 bridgehead atoms. The van der Waals surface area contributed by atoms with E-state index in [2.05, 4.69) is 20.4 Å². The van der Waals surface area contributed by atoms with Gasteiger partial charge in [-0.25, -0.2) is 0 Å². The van der Waals surface area contributed by atoms with Crippen LogP contribution in [0.2, 0.25) is 0 Å². The Kier molecular flexibility index (Phi) is 5.32. The molecule has 1 unspecified atom stereocenters. The minimum atomic E-state index is 0.273. The number of nitrogens with zero attached hydrogens (tertiary/aromatic N) is 4. The molecule has 1 aromatic heterocycles. The standard InChI is InChI=1S/C14H23N5O2S/c1-11-16-13(17-21-11)9-18-3-5-19(6-4-18)14(20)8-12-10-22-7-2-15-12/h12,15H,2-10H2,1H3. The Bertz CT molecular complexity index is 495. The lowest BCUT2D eigenvalue weighted by atomic mass is 10.2. The van der Waals surface area contributed by atoms with E-state index in [0.29, 0.717) is 24.9 Å². The van der Waals surface area contributed by atoms with Crippen molar-refractivity contribution in [3.8, 4) is 0 Å². The van der Waals surface area contributed by atoms with Gasteiger partial charge in [-0.2, -0.15) is 16.7 Å². The van der Waals surface area contributed by atoms with Gasteiger partial charge in [0.1, 0.15) is 0 Å². The lowest BCUT2D eigenvalue weighted by Gasteiger charge is -2.35. The van der Waals surface area contributed by atoms with Crippen LogP contribution in [0.4, 0.5) is 0 Å². The first kappa shape index (κ1) is 15.8. The highest BCUT2D eigenvalue weighted by Gasteiger charge is 2.25. The lowest BCUT2D eigenvalue weighted by Crippen LogP contribution is -2.50. The van der Waals surface area contributed by atoms with Gasteiger partial charge in [0.2, 0.25) is 11.8 Å². The van der Waals surface area contributed by atoms with E-state index in [-0.39, 0.29) is 5.91 Å². The molecule has 2 saturated heterocycles. The molecule has 0 aliphatic carbocycles. The summed E-state index contributed by atoms with van der Waals surface area (Å²) in [6.07, 6.45) is 0.622. The first-order chi connectivity index (χ1) is 10.7. The van der Waals surface area contributed by atoms with Crippen LogP contribution in [0, 0.1) is 6.92 Å². The van der Waals surface area contributed by atoms with Crippen LogP contribution in [0.25, 0.3) is 0 Å². The number of carbonyl (C=O) groups is 1. The second-order valence-electron chi connectivity index (χ2n) is 5.82. The Morgan fingerprint density at radius 1 is 1.41 bits per heavy atom. The molecule has 2 aliphatic rings.